The van der Waals surface area contributed by atoms with Crippen LogP contribution in [0.25, 0.3) is 10.9 Å². The molecular weight excluding hydrogens is 435 g/mol. The summed E-state index contributed by atoms with van der Waals surface area (Å²) in [7, 11) is 0. The lowest BCUT2D eigenvalue weighted by Gasteiger charge is -2.11. The van der Waals surface area contributed by atoms with E-state index in [2.05, 4.69) is 10.4 Å². The molecule has 4 aromatic rings. The fourth-order valence-electron chi connectivity index (χ4n) is 3.44. The minimum Gasteiger partial charge on any atom is -0.478 e. The third-order valence-corrected chi connectivity index (χ3v) is 5.13. The average Bonchev–Trinajstić information content (AvgIpc) is 3.15. The van der Waals surface area contributed by atoms with E-state index in [9.17, 15) is 22.8 Å². The van der Waals surface area contributed by atoms with Gasteiger partial charge in [0.1, 0.15) is 5.69 Å². The minimum absolute atomic E-state index is 0.114. The molecule has 0 aliphatic carbocycles. The molecule has 3 aromatic carbocycles. The van der Waals surface area contributed by atoms with Crippen molar-refractivity contribution in [3.63, 3.8) is 0 Å². The predicted octanol–water partition coefficient (Wildman–Crippen LogP) is 4.73. The molecule has 0 fully saturated rings. The Balaban J connectivity index is 1.58. The van der Waals surface area contributed by atoms with Crippen molar-refractivity contribution < 1.29 is 27.9 Å². The van der Waals surface area contributed by atoms with Crippen molar-refractivity contribution in [1.29, 1.82) is 0 Å². The molecule has 0 bridgehead atoms. The van der Waals surface area contributed by atoms with E-state index < -0.39 is 23.6 Å². The second kappa shape index (κ2) is 8.78. The summed E-state index contributed by atoms with van der Waals surface area (Å²) in [6.07, 6.45) is -4.42. The Kier molecular flexibility index (Phi) is 5.87. The van der Waals surface area contributed by atoms with Gasteiger partial charge in [0.05, 0.1) is 23.2 Å². The van der Waals surface area contributed by atoms with Crippen molar-refractivity contribution in [2.75, 3.05) is 0 Å². The standard InChI is InChI=1S/C24H18F3N3O3/c25-24(26,27)18-11-7-16(8-12-18)14-30-21(19-3-1-2-4-20(19)29-30)22(31)28-13-15-5-9-17(10-6-15)23(32)33/h1-12H,13-14H2,(H,28,31)(H,32,33). The zero-order valence-electron chi connectivity index (χ0n) is 17.1. The maximum absolute atomic E-state index is 13.1. The van der Waals surface area contributed by atoms with Gasteiger partial charge in [-0.1, -0.05) is 42.5 Å². The van der Waals surface area contributed by atoms with Crippen LogP contribution in [0.3, 0.4) is 0 Å². The van der Waals surface area contributed by atoms with Crippen molar-refractivity contribution in [3.8, 4) is 0 Å². The van der Waals surface area contributed by atoms with Crippen molar-refractivity contribution in [2.24, 2.45) is 0 Å². The fraction of sp³-hybridized carbons (Fsp3) is 0.125. The molecule has 0 aliphatic rings. The summed E-state index contributed by atoms with van der Waals surface area (Å²) in [6.45, 7) is 0.279. The number of carbonyl (C=O) groups excluding carboxylic acids is 1. The molecule has 0 atom stereocenters. The van der Waals surface area contributed by atoms with Crippen molar-refractivity contribution in [1.82, 2.24) is 15.1 Å². The summed E-state index contributed by atoms with van der Waals surface area (Å²) >= 11 is 0. The van der Waals surface area contributed by atoms with Crippen LogP contribution in [0.5, 0.6) is 0 Å². The number of aromatic carboxylic acids is 1. The van der Waals surface area contributed by atoms with Gasteiger partial charge in [-0.3, -0.25) is 9.48 Å². The van der Waals surface area contributed by atoms with Gasteiger partial charge in [0.2, 0.25) is 0 Å². The molecule has 0 aliphatic heterocycles. The maximum atomic E-state index is 13.1. The Hall–Kier alpha value is -4.14. The Morgan fingerprint density at radius 1 is 0.909 bits per heavy atom. The summed E-state index contributed by atoms with van der Waals surface area (Å²) in [5.74, 6) is -1.44. The molecule has 0 saturated carbocycles. The number of rotatable bonds is 6. The van der Waals surface area contributed by atoms with E-state index in [0.717, 1.165) is 12.1 Å². The SMILES string of the molecule is O=C(O)c1ccc(CNC(=O)c2c3ccccc3nn2Cc2ccc(C(F)(F)F)cc2)cc1. The van der Waals surface area contributed by atoms with Crippen molar-refractivity contribution >= 4 is 22.8 Å². The molecule has 4 rings (SSSR count). The molecule has 1 aromatic heterocycles. The minimum atomic E-state index is -4.42. The molecule has 1 heterocycles. The van der Waals surface area contributed by atoms with E-state index in [1.807, 2.05) is 0 Å². The van der Waals surface area contributed by atoms with E-state index >= 15 is 0 Å². The van der Waals surface area contributed by atoms with Crippen LogP contribution in [0.4, 0.5) is 13.2 Å². The van der Waals surface area contributed by atoms with Crippen LogP contribution in [0.1, 0.15) is 37.5 Å². The summed E-state index contributed by atoms with van der Waals surface area (Å²) in [5.41, 5.74) is 1.54. The summed E-state index contributed by atoms with van der Waals surface area (Å²) < 4.78 is 40.0. The van der Waals surface area contributed by atoms with Gasteiger partial charge in [-0.05, 0) is 41.5 Å². The number of nitrogens with one attached hydrogen (secondary N) is 1. The first-order valence-electron chi connectivity index (χ1n) is 9.94. The van der Waals surface area contributed by atoms with Crippen molar-refractivity contribution in [2.45, 2.75) is 19.3 Å². The fourth-order valence-corrected chi connectivity index (χ4v) is 3.44. The number of carboxylic acid groups (broad SMARTS) is 1. The van der Waals surface area contributed by atoms with E-state index in [1.165, 1.54) is 28.9 Å². The number of hydrogen-bond acceptors (Lipinski definition) is 3. The Labute approximate surface area is 186 Å². The van der Waals surface area contributed by atoms with Crippen LogP contribution in [-0.2, 0) is 19.3 Å². The second-order valence-corrected chi connectivity index (χ2v) is 7.40. The first-order chi connectivity index (χ1) is 15.7. The molecule has 168 valence electrons. The number of halogens is 3. The monoisotopic (exact) mass is 453 g/mol. The lowest BCUT2D eigenvalue weighted by atomic mass is 10.1. The van der Waals surface area contributed by atoms with E-state index in [1.54, 1.807) is 36.4 Å². The third-order valence-electron chi connectivity index (χ3n) is 5.13. The molecule has 0 saturated heterocycles. The number of nitrogens with zero attached hydrogens (tertiary/aromatic N) is 2. The highest BCUT2D eigenvalue weighted by molar-refractivity contribution is 6.05. The van der Waals surface area contributed by atoms with Gasteiger partial charge in [-0.25, -0.2) is 4.79 Å². The number of benzene rings is 3. The first kappa shape index (κ1) is 22.1. The van der Waals surface area contributed by atoms with Crippen LogP contribution in [-0.4, -0.2) is 26.8 Å². The maximum Gasteiger partial charge on any atom is 0.416 e. The molecule has 0 radical (unpaired) electrons. The number of alkyl halides is 3. The van der Waals surface area contributed by atoms with Gasteiger partial charge in [-0.2, -0.15) is 18.3 Å². The molecular formula is C24H18F3N3O3. The van der Waals surface area contributed by atoms with Gasteiger partial charge in [-0.15, -0.1) is 0 Å². The normalized spacial score (nSPS) is 11.5. The smallest absolute Gasteiger partial charge is 0.416 e. The number of aromatic nitrogens is 2. The highest BCUT2D eigenvalue weighted by Crippen LogP contribution is 2.29. The van der Waals surface area contributed by atoms with Crippen molar-refractivity contribution in [3.05, 3.63) is 101 Å². The van der Waals surface area contributed by atoms with Gasteiger partial charge in [0, 0.05) is 11.9 Å². The van der Waals surface area contributed by atoms with E-state index in [4.69, 9.17) is 5.11 Å². The van der Waals surface area contributed by atoms with E-state index in [-0.39, 0.29) is 24.3 Å². The number of carbonyl (C=O) groups is 2. The molecule has 9 heteroatoms. The zero-order valence-corrected chi connectivity index (χ0v) is 17.1. The second-order valence-electron chi connectivity index (χ2n) is 7.40. The summed E-state index contributed by atoms with van der Waals surface area (Å²) in [5, 5.41) is 16.9. The molecule has 0 unspecified atom stereocenters. The lowest BCUT2D eigenvalue weighted by Crippen LogP contribution is -2.26. The quantitative estimate of drug-likeness (QED) is 0.442. The predicted molar refractivity (Wildman–Crippen MR) is 115 cm³/mol. The number of fused-ring (bicyclic) bond motifs is 1. The number of amides is 1. The van der Waals surface area contributed by atoms with E-state index in [0.29, 0.717) is 22.0 Å². The topological polar surface area (TPSA) is 84.2 Å². The van der Waals surface area contributed by atoms with Crippen LogP contribution >= 0.6 is 0 Å². The Morgan fingerprint density at radius 2 is 1.55 bits per heavy atom. The third kappa shape index (κ3) is 4.87. The lowest BCUT2D eigenvalue weighted by molar-refractivity contribution is -0.137. The molecule has 2 N–H and O–H groups in total. The zero-order chi connectivity index (χ0) is 23.6. The average molecular weight is 453 g/mol. The molecule has 6 nitrogen and oxygen atoms in total. The van der Waals surface area contributed by atoms with Gasteiger partial charge in [0.25, 0.3) is 5.91 Å². The molecule has 0 spiro atoms. The van der Waals surface area contributed by atoms with Gasteiger partial charge < -0.3 is 10.4 Å². The Bertz CT molecular complexity index is 1310. The first-order valence-corrected chi connectivity index (χ1v) is 9.94. The van der Waals surface area contributed by atoms with Crippen LogP contribution in [0, 0.1) is 0 Å². The number of carboxylic acids is 1. The summed E-state index contributed by atoms with van der Waals surface area (Å²) in [6, 6.07) is 17.9. The molecule has 33 heavy (non-hydrogen) atoms. The van der Waals surface area contributed by atoms with Crippen LogP contribution in [0.15, 0.2) is 72.8 Å². The number of hydrogen-bond donors (Lipinski definition) is 2. The van der Waals surface area contributed by atoms with Gasteiger partial charge >= 0.3 is 12.1 Å². The highest BCUT2D eigenvalue weighted by atomic mass is 19.4. The largest absolute Gasteiger partial charge is 0.478 e. The van der Waals surface area contributed by atoms with Crippen LogP contribution < -0.4 is 5.32 Å². The summed E-state index contributed by atoms with van der Waals surface area (Å²) in [4.78, 5) is 24.0. The highest BCUT2D eigenvalue weighted by Gasteiger charge is 2.30. The van der Waals surface area contributed by atoms with Crippen LogP contribution in [0.2, 0.25) is 0 Å². The Morgan fingerprint density at radius 3 is 2.18 bits per heavy atom. The molecule has 1 amide bonds. The van der Waals surface area contributed by atoms with Gasteiger partial charge in [0.15, 0.2) is 0 Å².